The number of carbonyl (C=O) groups excluding carboxylic acids is 2. The highest BCUT2D eigenvalue weighted by atomic mass is 16.5. The van der Waals surface area contributed by atoms with Gasteiger partial charge < -0.3 is 15.5 Å². The van der Waals surface area contributed by atoms with E-state index >= 15 is 0 Å². The minimum atomic E-state index is -1.27. The van der Waals surface area contributed by atoms with E-state index in [1.54, 1.807) is 24.3 Å². The SMILES string of the molecule is C[C@@H](O)[C@H](NC(=O)c1ccc(C#CC#C[C@@H]2CCN(CCO)C2)cc1)C(=O)NO. The third-order valence-electron chi connectivity index (χ3n) is 4.54. The van der Waals surface area contributed by atoms with Crippen molar-refractivity contribution in [2.75, 3.05) is 26.2 Å². The standard InChI is InChI=1S/C21H25N3O5/c1-15(26)19(21(28)23-29)22-20(27)18-8-6-16(7-9-18)4-2-3-5-17-10-11-24(14-17)12-13-25/h6-9,15,17,19,25-26,29H,10-14H2,1H3,(H,22,27)(H,23,28)/t15-,17-,19+/m1/s1. The van der Waals surface area contributed by atoms with Gasteiger partial charge in [-0.3, -0.25) is 19.7 Å². The second-order valence-electron chi connectivity index (χ2n) is 6.77. The smallest absolute Gasteiger partial charge is 0.268 e. The lowest BCUT2D eigenvalue weighted by Gasteiger charge is -2.19. The number of rotatable bonds is 6. The number of hydrogen-bond acceptors (Lipinski definition) is 6. The number of aliphatic hydroxyl groups is 2. The monoisotopic (exact) mass is 399 g/mol. The van der Waals surface area contributed by atoms with Crippen LogP contribution in [0, 0.1) is 29.6 Å². The molecule has 0 saturated carbocycles. The number of nitrogens with zero attached hydrogens (tertiary/aromatic N) is 1. The van der Waals surface area contributed by atoms with Crippen molar-refractivity contribution in [3.8, 4) is 23.7 Å². The number of hydroxylamine groups is 1. The fraction of sp³-hybridized carbons (Fsp3) is 0.429. The molecule has 2 amide bonds. The Hall–Kier alpha value is -2.88. The molecule has 5 N–H and O–H groups in total. The van der Waals surface area contributed by atoms with Crippen molar-refractivity contribution in [3.05, 3.63) is 35.4 Å². The topological polar surface area (TPSA) is 122 Å². The lowest BCUT2D eigenvalue weighted by molar-refractivity contribution is -0.133. The van der Waals surface area contributed by atoms with E-state index in [0.717, 1.165) is 19.5 Å². The molecule has 1 fully saturated rings. The van der Waals surface area contributed by atoms with Crippen LogP contribution in [0.4, 0.5) is 0 Å². The molecule has 1 heterocycles. The zero-order chi connectivity index (χ0) is 21.2. The van der Waals surface area contributed by atoms with E-state index in [4.69, 9.17) is 10.3 Å². The van der Waals surface area contributed by atoms with Gasteiger partial charge >= 0.3 is 0 Å². The molecule has 8 heteroatoms. The summed E-state index contributed by atoms with van der Waals surface area (Å²) in [6.07, 6.45) is -0.203. The molecule has 1 aromatic carbocycles. The second-order valence-corrected chi connectivity index (χ2v) is 6.77. The minimum absolute atomic E-state index is 0.155. The third kappa shape index (κ3) is 6.90. The van der Waals surface area contributed by atoms with E-state index in [1.165, 1.54) is 12.4 Å². The van der Waals surface area contributed by atoms with E-state index in [0.29, 0.717) is 12.1 Å². The number of carbonyl (C=O) groups is 2. The number of nitrogens with one attached hydrogen (secondary N) is 2. The largest absolute Gasteiger partial charge is 0.395 e. The second kappa shape index (κ2) is 11.2. The molecule has 0 aromatic heterocycles. The number of benzene rings is 1. The van der Waals surface area contributed by atoms with E-state index in [2.05, 4.69) is 33.9 Å². The summed E-state index contributed by atoms with van der Waals surface area (Å²) < 4.78 is 0. The molecular weight excluding hydrogens is 374 g/mol. The normalized spacial score (nSPS) is 17.9. The van der Waals surface area contributed by atoms with Crippen molar-refractivity contribution < 1.29 is 25.0 Å². The molecule has 0 radical (unpaired) electrons. The predicted molar refractivity (Wildman–Crippen MR) is 106 cm³/mol. The molecule has 2 rings (SSSR count). The van der Waals surface area contributed by atoms with Gasteiger partial charge in [-0.15, -0.1) is 0 Å². The zero-order valence-electron chi connectivity index (χ0n) is 16.2. The highest BCUT2D eigenvalue weighted by Gasteiger charge is 2.25. The fourth-order valence-electron chi connectivity index (χ4n) is 2.94. The average Bonchev–Trinajstić information content (AvgIpc) is 3.16. The summed E-state index contributed by atoms with van der Waals surface area (Å²) >= 11 is 0. The van der Waals surface area contributed by atoms with Gasteiger partial charge in [0.25, 0.3) is 11.8 Å². The molecule has 0 unspecified atom stereocenters. The van der Waals surface area contributed by atoms with Crippen LogP contribution in [0.25, 0.3) is 0 Å². The van der Waals surface area contributed by atoms with Gasteiger partial charge in [0.05, 0.1) is 12.7 Å². The summed E-state index contributed by atoms with van der Waals surface area (Å²) in [6, 6.07) is 5.14. The summed E-state index contributed by atoms with van der Waals surface area (Å²) in [6.45, 7) is 3.94. The van der Waals surface area contributed by atoms with Crippen LogP contribution in [-0.4, -0.2) is 70.5 Å². The molecule has 1 aliphatic heterocycles. The lowest BCUT2D eigenvalue weighted by atomic mass is 10.1. The predicted octanol–water partition coefficient (Wildman–Crippen LogP) is -0.660. The molecule has 0 aliphatic carbocycles. The van der Waals surface area contributed by atoms with E-state index in [1.807, 2.05) is 0 Å². The van der Waals surface area contributed by atoms with Crippen LogP contribution < -0.4 is 10.8 Å². The first kappa shape index (κ1) is 22.4. The van der Waals surface area contributed by atoms with Crippen molar-refractivity contribution in [1.29, 1.82) is 0 Å². The molecule has 1 aromatic rings. The Morgan fingerprint density at radius 2 is 2.00 bits per heavy atom. The van der Waals surface area contributed by atoms with Gasteiger partial charge in [-0.1, -0.05) is 11.8 Å². The van der Waals surface area contributed by atoms with Crippen molar-refractivity contribution in [3.63, 3.8) is 0 Å². The summed E-state index contributed by atoms with van der Waals surface area (Å²) in [4.78, 5) is 25.9. The Bertz CT molecular complexity index is 830. The van der Waals surface area contributed by atoms with Gasteiger partial charge in [0.1, 0.15) is 6.04 Å². The summed E-state index contributed by atoms with van der Waals surface area (Å²) in [5.41, 5.74) is 2.38. The van der Waals surface area contributed by atoms with E-state index in [-0.39, 0.29) is 18.1 Å². The third-order valence-corrected chi connectivity index (χ3v) is 4.54. The molecule has 0 bridgehead atoms. The van der Waals surface area contributed by atoms with Gasteiger partial charge in [0.15, 0.2) is 0 Å². The van der Waals surface area contributed by atoms with Crippen molar-refractivity contribution in [2.24, 2.45) is 5.92 Å². The van der Waals surface area contributed by atoms with Crippen LogP contribution in [0.1, 0.15) is 29.3 Å². The number of aliphatic hydroxyl groups excluding tert-OH is 2. The average molecular weight is 399 g/mol. The van der Waals surface area contributed by atoms with E-state index < -0.39 is 24.0 Å². The van der Waals surface area contributed by atoms with Gasteiger partial charge in [-0.05, 0) is 56.0 Å². The first-order chi connectivity index (χ1) is 13.9. The highest BCUT2D eigenvalue weighted by molar-refractivity contribution is 5.97. The maximum Gasteiger partial charge on any atom is 0.268 e. The Morgan fingerprint density at radius 1 is 1.28 bits per heavy atom. The van der Waals surface area contributed by atoms with Gasteiger partial charge in [0.2, 0.25) is 0 Å². The van der Waals surface area contributed by atoms with Crippen LogP contribution in [0.5, 0.6) is 0 Å². The Labute approximate surface area is 169 Å². The Morgan fingerprint density at radius 3 is 2.62 bits per heavy atom. The maximum atomic E-state index is 12.2. The Kier molecular flexibility index (Phi) is 8.66. The highest BCUT2D eigenvalue weighted by Crippen LogP contribution is 2.14. The van der Waals surface area contributed by atoms with Crippen molar-refractivity contribution in [1.82, 2.24) is 15.7 Å². The first-order valence-electron chi connectivity index (χ1n) is 9.32. The molecular formula is C21H25N3O5. The fourth-order valence-corrected chi connectivity index (χ4v) is 2.94. The molecule has 3 atom stereocenters. The van der Waals surface area contributed by atoms with E-state index in [9.17, 15) is 14.7 Å². The number of β-amino-alcohol motifs (C(OH)–C–C–N with tert-alkyl or cyclic N) is 1. The van der Waals surface area contributed by atoms with Crippen LogP contribution in [0.2, 0.25) is 0 Å². The van der Waals surface area contributed by atoms with Crippen LogP contribution >= 0.6 is 0 Å². The van der Waals surface area contributed by atoms with Crippen molar-refractivity contribution >= 4 is 11.8 Å². The summed E-state index contributed by atoms with van der Waals surface area (Å²) in [7, 11) is 0. The van der Waals surface area contributed by atoms with Crippen LogP contribution in [-0.2, 0) is 4.79 Å². The summed E-state index contributed by atoms with van der Waals surface area (Å²) in [5.74, 6) is 10.5. The van der Waals surface area contributed by atoms with Gasteiger partial charge in [-0.25, -0.2) is 5.48 Å². The van der Waals surface area contributed by atoms with Gasteiger partial charge in [-0.2, -0.15) is 0 Å². The van der Waals surface area contributed by atoms with Crippen molar-refractivity contribution in [2.45, 2.75) is 25.5 Å². The summed E-state index contributed by atoms with van der Waals surface area (Å²) in [5, 5.41) is 29.6. The molecule has 1 aliphatic rings. The molecule has 8 nitrogen and oxygen atoms in total. The van der Waals surface area contributed by atoms with Crippen LogP contribution in [0.15, 0.2) is 24.3 Å². The molecule has 29 heavy (non-hydrogen) atoms. The zero-order valence-corrected chi connectivity index (χ0v) is 16.2. The number of hydrogen-bond donors (Lipinski definition) is 5. The molecule has 0 spiro atoms. The quantitative estimate of drug-likeness (QED) is 0.246. The number of likely N-dealkylation sites (tertiary alicyclic amines) is 1. The first-order valence-corrected chi connectivity index (χ1v) is 9.32. The minimum Gasteiger partial charge on any atom is -0.395 e. The lowest BCUT2D eigenvalue weighted by Crippen LogP contribution is -2.51. The molecule has 154 valence electrons. The maximum absolute atomic E-state index is 12.2. The van der Waals surface area contributed by atoms with Crippen LogP contribution in [0.3, 0.4) is 0 Å². The number of amides is 2. The molecule has 1 saturated heterocycles. The van der Waals surface area contributed by atoms with Gasteiger partial charge in [0, 0.05) is 30.1 Å². The Balaban J connectivity index is 1.93.